The van der Waals surface area contributed by atoms with Crippen molar-refractivity contribution >= 4 is 22.4 Å². The Morgan fingerprint density at radius 2 is 1.48 bits per heavy atom. The Morgan fingerprint density at radius 3 is 2.19 bits per heavy atom. The van der Waals surface area contributed by atoms with Crippen LogP contribution in [0.15, 0.2) is 54.6 Å². The number of nitrogens with one attached hydrogen (secondary N) is 1. The maximum absolute atomic E-state index is 12.2. The Hall–Kier alpha value is -3.41. The maximum atomic E-state index is 12.2. The molecule has 0 unspecified atom stereocenters. The fourth-order valence-electron chi connectivity index (χ4n) is 2.68. The summed E-state index contributed by atoms with van der Waals surface area (Å²) in [7, 11) is 4.73. The van der Waals surface area contributed by atoms with Gasteiger partial charge in [0.05, 0.1) is 21.3 Å². The molecule has 0 aromatic heterocycles. The van der Waals surface area contributed by atoms with E-state index in [2.05, 4.69) is 5.32 Å². The van der Waals surface area contributed by atoms with Crippen LogP contribution in [0.2, 0.25) is 0 Å². The fourth-order valence-corrected chi connectivity index (χ4v) is 2.68. The van der Waals surface area contributed by atoms with Gasteiger partial charge in [0.1, 0.15) is 11.5 Å². The second-order valence-electron chi connectivity index (χ2n) is 5.78. The molecule has 0 spiro atoms. The SMILES string of the molecule is COc1ccc2ccc(OCC(=O)Nc3ccc(OC)c(OC)c3)cc2c1. The molecular formula is C21H21NO5. The lowest BCUT2D eigenvalue weighted by atomic mass is 10.1. The van der Waals surface area contributed by atoms with E-state index in [0.29, 0.717) is 22.9 Å². The number of fused-ring (bicyclic) bond motifs is 1. The van der Waals surface area contributed by atoms with Crippen molar-refractivity contribution in [2.45, 2.75) is 0 Å². The number of anilines is 1. The maximum Gasteiger partial charge on any atom is 0.262 e. The molecule has 140 valence electrons. The van der Waals surface area contributed by atoms with Crippen molar-refractivity contribution in [1.29, 1.82) is 0 Å². The number of rotatable bonds is 7. The van der Waals surface area contributed by atoms with E-state index in [1.165, 1.54) is 0 Å². The molecule has 0 aliphatic carbocycles. The van der Waals surface area contributed by atoms with Crippen molar-refractivity contribution in [1.82, 2.24) is 0 Å². The first-order valence-corrected chi connectivity index (χ1v) is 8.35. The number of methoxy groups -OCH3 is 3. The summed E-state index contributed by atoms with van der Waals surface area (Å²) >= 11 is 0. The molecule has 6 heteroatoms. The van der Waals surface area contributed by atoms with Crippen LogP contribution in [0.3, 0.4) is 0 Å². The minimum Gasteiger partial charge on any atom is -0.497 e. The van der Waals surface area contributed by atoms with E-state index < -0.39 is 0 Å². The highest BCUT2D eigenvalue weighted by molar-refractivity contribution is 5.92. The van der Waals surface area contributed by atoms with Crippen molar-refractivity contribution in [3.8, 4) is 23.0 Å². The van der Waals surface area contributed by atoms with Crippen molar-refractivity contribution in [3.05, 3.63) is 54.6 Å². The van der Waals surface area contributed by atoms with Gasteiger partial charge in [-0.15, -0.1) is 0 Å². The molecule has 3 aromatic rings. The normalized spacial score (nSPS) is 10.3. The van der Waals surface area contributed by atoms with Gasteiger partial charge in [0.2, 0.25) is 0 Å². The molecule has 3 rings (SSSR count). The predicted molar refractivity (Wildman–Crippen MR) is 104 cm³/mol. The van der Waals surface area contributed by atoms with Gasteiger partial charge in [-0.2, -0.15) is 0 Å². The Kier molecular flexibility index (Phi) is 5.66. The van der Waals surface area contributed by atoms with Gasteiger partial charge < -0.3 is 24.3 Å². The second kappa shape index (κ2) is 8.31. The van der Waals surface area contributed by atoms with Gasteiger partial charge in [0.25, 0.3) is 5.91 Å². The molecule has 1 amide bonds. The minimum atomic E-state index is -0.270. The largest absolute Gasteiger partial charge is 0.497 e. The van der Waals surface area contributed by atoms with Gasteiger partial charge >= 0.3 is 0 Å². The third-order valence-corrected chi connectivity index (χ3v) is 4.06. The van der Waals surface area contributed by atoms with Crippen LogP contribution in [0.5, 0.6) is 23.0 Å². The number of hydrogen-bond donors (Lipinski definition) is 1. The van der Waals surface area contributed by atoms with Crippen LogP contribution >= 0.6 is 0 Å². The Bertz CT molecular complexity index is 954. The van der Waals surface area contributed by atoms with Gasteiger partial charge in [0.15, 0.2) is 18.1 Å². The number of carbonyl (C=O) groups excluding carboxylic acids is 1. The van der Waals surface area contributed by atoms with E-state index >= 15 is 0 Å². The van der Waals surface area contributed by atoms with Crippen molar-refractivity contribution in [2.24, 2.45) is 0 Å². The molecule has 0 saturated heterocycles. The van der Waals surface area contributed by atoms with Crippen LogP contribution in [-0.2, 0) is 4.79 Å². The average molecular weight is 367 g/mol. The summed E-state index contributed by atoms with van der Waals surface area (Å²) < 4.78 is 21.3. The van der Waals surface area contributed by atoms with Gasteiger partial charge in [0, 0.05) is 11.8 Å². The van der Waals surface area contributed by atoms with E-state index in [4.69, 9.17) is 18.9 Å². The van der Waals surface area contributed by atoms with Gasteiger partial charge in [-0.3, -0.25) is 4.79 Å². The molecule has 0 fully saturated rings. The highest BCUT2D eigenvalue weighted by Gasteiger charge is 2.08. The first-order chi connectivity index (χ1) is 13.1. The molecule has 1 N–H and O–H groups in total. The molecule has 27 heavy (non-hydrogen) atoms. The van der Waals surface area contributed by atoms with Crippen LogP contribution in [0.1, 0.15) is 0 Å². The fraction of sp³-hybridized carbons (Fsp3) is 0.190. The van der Waals surface area contributed by atoms with Crippen LogP contribution in [-0.4, -0.2) is 33.8 Å². The summed E-state index contributed by atoms with van der Waals surface area (Å²) in [5.74, 6) is 2.25. The molecule has 0 atom stereocenters. The zero-order chi connectivity index (χ0) is 19.2. The van der Waals surface area contributed by atoms with E-state index in [1.807, 2.05) is 36.4 Å². The highest BCUT2D eigenvalue weighted by Crippen LogP contribution is 2.30. The van der Waals surface area contributed by atoms with Gasteiger partial charge in [-0.1, -0.05) is 12.1 Å². The van der Waals surface area contributed by atoms with Crippen LogP contribution in [0.25, 0.3) is 10.8 Å². The molecule has 6 nitrogen and oxygen atoms in total. The third-order valence-electron chi connectivity index (χ3n) is 4.06. The Balaban J connectivity index is 1.64. The zero-order valence-corrected chi connectivity index (χ0v) is 15.4. The van der Waals surface area contributed by atoms with E-state index in [-0.39, 0.29) is 12.5 Å². The summed E-state index contributed by atoms with van der Waals surface area (Å²) in [4.78, 5) is 12.2. The van der Waals surface area contributed by atoms with E-state index in [0.717, 1.165) is 16.5 Å². The molecule has 0 heterocycles. The number of amides is 1. The Labute approximate surface area is 157 Å². The molecule has 0 saturated carbocycles. The number of carbonyl (C=O) groups is 1. The van der Waals surface area contributed by atoms with Crippen LogP contribution in [0, 0.1) is 0 Å². The first kappa shape index (κ1) is 18.4. The number of benzene rings is 3. The standard InChI is InChI=1S/C21H21NO5/c1-24-17-7-4-14-5-8-18(11-15(14)10-17)27-13-21(23)22-16-6-9-19(25-2)20(12-16)26-3/h4-12H,13H2,1-3H3,(H,22,23). The molecule has 0 radical (unpaired) electrons. The summed E-state index contributed by atoms with van der Waals surface area (Å²) in [5.41, 5.74) is 0.601. The van der Waals surface area contributed by atoms with Crippen LogP contribution < -0.4 is 24.3 Å². The van der Waals surface area contributed by atoms with Crippen molar-refractivity contribution in [3.63, 3.8) is 0 Å². The summed E-state index contributed by atoms with van der Waals surface area (Å²) in [6.45, 7) is -0.107. The van der Waals surface area contributed by atoms with E-state index in [9.17, 15) is 4.79 Å². The quantitative estimate of drug-likeness (QED) is 0.686. The molecular weight excluding hydrogens is 346 g/mol. The second-order valence-corrected chi connectivity index (χ2v) is 5.78. The summed E-state index contributed by atoms with van der Waals surface area (Å²) in [6, 6.07) is 16.6. The molecule has 0 aliphatic rings. The number of ether oxygens (including phenoxy) is 4. The number of hydrogen-bond acceptors (Lipinski definition) is 5. The lowest BCUT2D eigenvalue weighted by Crippen LogP contribution is -2.20. The lowest BCUT2D eigenvalue weighted by Gasteiger charge is -2.11. The molecule has 3 aromatic carbocycles. The molecule has 0 bridgehead atoms. The Morgan fingerprint density at radius 1 is 0.778 bits per heavy atom. The van der Waals surface area contributed by atoms with Crippen molar-refractivity contribution < 1.29 is 23.7 Å². The highest BCUT2D eigenvalue weighted by atomic mass is 16.5. The smallest absolute Gasteiger partial charge is 0.262 e. The molecule has 0 aliphatic heterocycles. The first-order valence-electron chi connectivity index (χ1n) is 8.35. The van der Waals surface area contributed by atoms with Gasteiger partial charge in [-0.05, 0) is 47.2 Å². The lowest BCUT2D eigenvalue weighted by molar-refractivity contribution is -0.118. The third kappa shape index (κ3) is 4.41. The van der Waals surface area contributed by atoms with E-state index in [1.54, 1.807) is 39.5 Å². The average Bonchev–Trinajstić information content (AvgIpc) is 2.71. The van der Waals surface area contributed by atoms with Crippen molar-refractivity contribution in [2.75, 3.05) is 33.3 Å². The zero-order valence-electron chi connectivity index (χ0n) is 15.4. The van der Waals surface area contributed by atoms with Crippen LogP contribution in [0.4, 0.5) is 5.69 Å². The predicted octanol–water partition coefficient (Wildman–Crippen LogP) is 3.88. The minimum absolute atomic E-state index is 0.107. The topological polar surface area (TPSA) is 66.0 Å². The summed E-state index contributed by atoms with van der Waals surface area (Å²) in [6.07, 6.45) is 0. The summed E-state index contributed by atoms with van der Waals surface area (Å²) in [5, 5.41) is 4.82. The van der Waals surface area contributed by atoms with Gasteiger partial charge in [-0.25, -0.2) is 0 Å². The monoisotopic (exact) mass is 367 g/mol.